The summed E-state index contributed by atoms with van der Waals surface area (Å²) in [6, 6.07) is 8.12. The van der Waals surface area contributed by atoms with Crippen LogP contribution in [-0.4, -0.2) is 16.7 Å². The molecule has 0 saturated carbocycles. The fraction of sp³-hybridized carbons (Fsp3) is 0.333. The molecule has 0 aromatic heterocycles. The lowest BCUT2D eigenvalue weighted by Crippen LogP contribution is -2.29. The number of rotatable bonds is 4. The Morgan fingerprint density at radius 2 is 1.61 bits per heavy atom. The van der Waals surface area contributed by atoms with Crippen molar-refractivity contribution >= 4 is 11.8 Å². The van der Waals surface area contributed by atoms with E-state index >= 15 is 0 Å². The number of nitrogens with zero attached hydrogens (tertiary/aromatic N) is 1. The van der Waals surface area contributed by atoms with E-state index in [1.54, 1.807) is 0 Å². The van der Waals surface area contributed by atoms with Crippen LogP contribution in [0.2, 0.25) is 0 Å². The number of benzene rings is 1. The highest BCUT2D eigenvalue weighted by molar-refractivity contribution is 6.12. The Hall–Kier alpha value is -1.90. The summed E-state index contributed by atoms with van der Waals surface area (Å²) >= 11 is 0. The first-order chi connectivity index (χ1) is 8.61. The maximum Gasteiger partial charge on any atom is 0.253 e. The summed E-state index contributed by atoms with van der Waals surface area (Å²) in [5, 5.41) is 0. The van der Waals surface area contributed by atoms with Gasteiger partial charge in [-0.3, -0.25) is 14.5 Å². The summed E-state index contributed by atoms with van der Waals surface area (Å²) in [4.78, 5) is 24.1. The molecular formula is C15H17NO2. The van der Waals surface area contributed by atoms with Crippen molar-refractivity contribution in [1.29, 1.82) is 0 Å². The Balaban J connectivity index is 2.07. The van der Waals surface area contributed by atoms with Crippen molar-refractivity contribution in [1.82, 2.24) is 4.90 Å². The number of imide groups is 1. The Kier molecular flexibility index (Phi) is 3.60. The molecule has 1 unspecified atom stereocenters. The third-order valence-electron chi connectivity index (χ3n) is 3.40. The first-order valence-electron chi connectivity index (χ1n) is 6.24. The summed E-state index contributed by atoms with van der Waals surface area (Å²) in [6.45, 7) is 4.70. The van der Waals surface area contributed by atoms with Crippen molar-refractivity contribution in [2.75, 3.05) is 0 Å². The van der Waals surface area contributed by atoms with Crippen LogP contribution in [0.1, 0.15) is 37.3 Å². The summed E-state index contributed by atoms with van der Waals surface area (Å²) in [7, 11) is 0. The minimum absolute atomic E-state index is 0.231. The largest absolute Gasteiger partial charge is 0.271 e. The van der Waals surface area contributed by atoms with Crippen molar-refractivity contribution in [3.63, 3.8) is 0 Å². The number of carbonyl (C=O) groups excluding carboxylic acids is 2. The van der Waals surface area contributed by atoms with E-state index in [9.17, 15) is 9.59 Å². The van der Waals surface area contributed by atoms with Gasteiger partial charge in [0, 0.05) is 12.2 Å². The summed E-state index contributed by atoms with van der Waals surface area (Å²) in [5.41, 5.74) is 2.27. The van der Waals surface area contributed by atoms with Crippen molar-refractivity contribution < 1.29 is 9.59 Å². The van der Waals surface area contributed by atoms with Crippen LogP contribution in [-0.2, 0) is 16.1 Å². The molecule has 0 fully saturated rings. The van der Waals surface area contributed by atoms with Gasteiger partial charge in [0.1, 0.15) is 0 Å². The average molecular weight is 243 g/mol. The minimum atomic E-state index is -0.231. The quantitative estimate of drug-likeness (QED) is 0.762. The molecule has 1 atom stereocenters. The smallest absolute Gasteiger partial charge is 0.253 e. The van der Waals surface area contributed by atoms with Crippen molar-refractivity contribution in [2.45, 2.75) is 32.7 Å². The Morgan fingerprint density at radius 1 is 1.06 bits per heavy atom. The van der Waals surface area contributed by atoms with Crippen LogP contribution in [0.4, 0.5) is 0 Å². The van der Waals surface area contributed by atoms with E-state index < -0.39 is 0 Å². The van der Waals surface area contributed by atoms with Crippen molar-refractivity contribution in [3.05, 3.63) is 47.5 Å². The highest BCUT2D eigenvalue weighted by atomic mass is 16.2. The molecule has 1 aromatic rings. The lowest BCUT2D eigenvalue weighted by Gasteiger charge is -2.15. The molecule has 1 heterocycles. The fourth-order valence-electron chi connectivity index (χ4n) is 1.96. The average Bonchev–Trinajstić information content (AvgIpc) is 2.70. The van der Waals surface area contributed by atoms with Crippen molar-refractivity contribution in [3.8, 4) is 0 Å². The standard InChI is InChI=1S/C15H17NO2/c1-3-11(2)13-6-4-12(5-7-13)10-16-14(17)8-9-15(16)18/h4-9,11H,3,10H2,1-2H3. The van der Waals surface area contributed by atoms with Gasteiger partial charge in [-0.05, 0) is 23.5 Å². The van der Waals surface area contributed by atoms with E-state index in [2.05, 4.69) is 26.0 Å². The van der Waals surface area contributed by atoms with Crippen LogP contribution in [0, 0.1) is 0 Å². The van der Waals surface area contributed by atoms with Gasteiger partial charge in [-0.25, -0.2) is 0 Å². The second kappa shape index (κ2) is 5.17. The highest BCUT2D eigenvalue weighted by Gasteiger charge is 2.23. The van der Waals surface area contributed by atoms with E-state index in [-0.39, 0.29) is 11.8 Å². The van der Waals surface area contributed by atoms with Gasteiger partial charge in [-0.2, -0.15) is 0 Å². The van der Waals surface area contributed by atoms with Gasteiger partial charge in [-0.1, -0.05) is 38.1 Å². The van der Waals surface area contributed by atoms with E-state index in [1.165, 1.54) is 22.6 Å². The zero-order chi connectivity index (χ0) is 13.1. The second-order valence-electron chi connectivity index (χ2n) is 4.65. The molecule has 2 rings (SSSR count). The lowest BCUT2D eigenvalue weighted by atomic mass is 9.97. The third-order valence-corrected chi connectivity index (χ3v) is 3.40. The van der Waals surface area contributed by atoms with Crippen LogP contribution in [0.3, 0.4) is 0 Å². The molecule has 0 saturated heterocycles. The predicted octanol–water partition coefficient (Wildman–Crippen LogP) is 2.63. The van der Waals surface area contributed by atoms with E-state index in [1.807, 2.05) is 12.1 Å². The molecular weight excluding hydrogens is 226 g/mol. The highest BCUT2D eigenvalue weighted by Crippen LogP contribution is 2.19. The topological polar surface area (TPSA) is 37.4 Å². The molecule has 0 spiro atoms. The Labute approximate surface area is 107 Å². The lowest BCUT2D eigenvalue weighted by molar-refractivity contribution is -0.137. The van der Waals surface area contributed by atoms with Crippen LogP contribution < -0.4 is 0 Å². The molecule has 0 radical (unpaired) electrons. The van der Waals surface area contributed by atoms with Crippen LogP contribution in [0.5, 0.6) is 0 Å². The first kappa shape index (κ1) is 12.6. The van der Waals surface area contributed by atoms with Crippen LogP contribution in [0.25, 0.3) is 0 Å². The number of amides is 2. The Bertz CT molecular complexity index is 470. The molecule has 18 heavy (non-hydrogen) atoms. The fourth-order valence-corrected chi connectivity index (χ4v) is 1.96. The number of carbonyl (C=O) groups is 2. The predicted molar refractivity (Wildman–Crippen MR) is 69.8 cm³/mol. The summed E-state index contributed by atoms with van der Waals surface area (Å²) < 4.78 is 0. The minimum Gasteiger partial charge on any atom is -0.271 e. The maximum absolute atomic E-state index is 11.4. The number of hydrogen-bond donors (Lipinski definition) is 0. The summed E-state index contributed by atoms with van der Waals surface area (Å²) in [5.74, 6) is 0.0766. The third kappa shape index (κ3) is 2.50. The van der Waals surface area contributed by atoms with E-state index in [0.29, 0.717) is 12.5 Å². The zero-order valence-corrected chi connectivity index (χ0v) is 10.7. The van der Waals surface area contributed by atoms with Gasteiger partial charge in [0.05, 0.1) is 6.54 Å². The number of hydrogen-bond acceptors (Lipinski definition) is 2. The van der Waals surface area contributed by atoms with Gasteiger partial charge in [0.2, 0.25) is 0 Å². The second-order valence-corrected chi connectivity index (χ2v) is 4.65. The zero-order valence-electron chi connectivity index (χ0n) is 10.7. The molecule has 1 aliphatic rings. The van der Waals surface area contributed by atoms with E-state index in [0.717, 1.165) is 12.0 Å². The molecule has 0 aliphatic carbocycles. The van der Waals surface area contributed by atoms with Crippen LogP contribution >= 0.6 is 0 Å². The molecule has 3 nitrogen and oxygen atoms in total. The molecule has 2 amide bonds. The van der Waals surface area contributed by atoms with Gasteiger partial charge in [0.25, 0.3) is 11.8 Å². The molecule has 94 valence electrons. The van der Waals surface area contributed by atoms with Gasteiger partial charge >= 0.3 is 0 Å². The van der Waals surface area contributed by atoms with Crippen molar-refractivity contribution in [2.24, 2.45) is 0 Å². The van der Waals surface area contributed by atoms with Crippen LogP contribution in [0.15, 0.2) is 36.4 Å². The molecule has 1 aliphatic heterocycles. The van der Waals surface area contributed by atoms with Gasteiger partial charge < -0.3 is 0 Å². The normalized spacial score (nSPS) is 16.4. The summed E-state index contributed by atoms with van der Waals surface area (Å²) in [6.07, 6.45) is 3.73. The Morgan fingerprint density at radius 3 is 2.11 bits per heavy atom. The monoisotopic (exact) mass is 243 g/mol. The van der Waals surface area contributed by atoms with Gasteiger partial charge in [0.15, 0.2) is 0 Å². The molecule has 0 bridgehead atoms. The maximum atomic E-state index is 11.4. The molecule has 0 N–H and O–H groups in total. The van der Waals surface area contributed by atoms with E-state index in [4.69, 9.17) is 0 Å². The molecule has 3 heteroatoms. The SMILES string of the molecule is CCC(C)c1ccc(CN2C(=O)C=CC2=O)cc1. The first-order valence-corrected chi connectivity index (χ1v) is 6.24. The molecule has 1 aromatic carbocycles. The van der Waals surface area contributed by atoms with Gasteiger partial charge in [-0.15, -0.1) is 0 Å².